The molecular formula is C15H18O2S. The molecule has 0 bridgehead atoms. The molecule has 3 heteroatoms. The molecule has 1 aromatic heterocycles. The summed E-state index contributed by atoms with van der Waals surface area (Å²) in [7, 11) is 1.66. The van der Waals surface area contributed by atoms with Crippen LogP contribution in [0.25, 0.3) is 0 Å². The predicted molar refractivity (Wildman–Crippen MR) is 75.5 cm³/mol. The van der Waals surface area contributed by atoms with Crippen molar-refractivity contribution in [1.29, 1.82) is 0 Å². The van der Waals surface area contributed by atoms with Crippen LogP contribution in [0.15, 0.2) is 29.0 Å². The summed E-state index contributed by atoms with van der Waals surface area (Å²) in [4.78, 5) is 0. The lowest BCUT2D eigenvalue weighted by Gasteiger charge is -2.14. The van der Waals surface area contributed by atoms with E-state index in [-0.39, 0.29) is 0 Å². The Labute approximate surface area is 112 Å². The van der Waals surface area contributed by atoms with Crippen molar-refractivity contribution in [3.05, 3.63) is 51.2 Å². The van der Waals surface area contributed by atoms with Crippen molar-refractivity contribution < 1.29 is 9.84 Å². The molecule has 1 aromatic carbocycles. The lowest BCUT2D eigenvalue weighted by molar-refractivity contribution is 0.177. The molecule has 2 rings (SSSR count). The standard InChI is InChI=1S/C15H18O2S/c1-10-4-5-15(17-3)12(6-10)7-14(16)13-9-18-8-11(13)2/h4-6,8-9,14,16H,7H2,1-3H3. The van der Waals surface area contributed by atoms with Crippen molar-refractivity contribution in [2.45, 2.75) is 26.4 Å². The summed E-state index contributed by atoms with van der Waals surface area (Å²) in [6, 6.07) is 6.05. The summed E-state index contributed by atoms with van der Waals surface area (Å²) < 4.78 is 5.34. The molecule has 0 saturated carbocycles. The van der Waals surface area contributed by atoms with Crippen LogP contribution in [0.5, 0.6) is 5.75 Å². The van der Waals surface area contributed by atoms with E-state index in [4.69, 9.17) is 4.74 Å². The van der Waals surface area contributed by atoms with Crippen LogP contribution >= 0.6 is 11.3 Å². The first kappa shape index (κ1) is 13.1. The summed E-state index contributed by atoms with van der Waals surface area (Å²) in [5, 5.41) is 14.4. The lowest BCUT2D eigenvalue weighted by Crippen LogP contribution is -2.04. The lowest BCUT2D eigenvalue weighted by atomic mass is 9.99. The van der Waals surface area contributed by atoms with Crippen LogP contribution in [0.1, 0.15) is 28.4 Å². The number of hydrogen-bond donors (Lipinski definition) is 1. The molecule has 0 amide bonds. The Morgan fingerprint density at radius 3 is 2.67 bits per heavy atom. The van der Waals surface area contributed by atoms with Gasteiger partial charge in [-0.25, -0.2) is 0 Å². The van der Waals surface area contributed by atoms with Gasteiger partial charge < -0.3 is 9.84 Å². The largest absolute Gasteiger partial charge is 0.496 e. The molecule has 0 radical (unpaired) electrons. The third-order valence-corrected chi connectivity index (χ3v) is 3.98. The fraction of sp³-hybridized carbons (Fsp3) is 0.333. The topological polar surface area (TPSA) is 29.5 Å². The molecule has 0 saturated heterocycles. The molecule has 1 heterocycles. The average molecular weight is 262 g/mol. The number of ether oxygens (including phenoxy) is 1. The number of methoxy groups -OCH3 is 1. The van der Waals surface area contributed by atoms with Crippen molar-refractivity contribution in [2.24, 2.45) is 0 Å². The Kier molecular flexibility index (Phi) is 4.04. The van der Waals surface area contributed by atoms with Crippen LogP contribution in [-0.4, -0.2) is 12.2 Å². The zero-order valence-electron chi connectivity index (χ0n) is 10.9. The molecule has 0 spiro atoms. The van der Waals surface area contributed by atoms with Gasteiger partial charge in [0.2, 0.25) is 0 Å². The Morgan fingerprint density at radius 1 is 1.28 bits per heavy atom. The highest BCUT2D eigenvalue weighted by molar-refractivity contribution is 7.08. The second-order valence-corrected chi connectivity index (χ2v) is 5.29. The highest BCUT2D eigenvalue weighted by atomic mass is 32.1. The van der Waals surface area contributed by atoms with E-state index in [2.05, 4.69) is 11.4 Å². The van der Waals surface area contributed by atoms with Gasteiger partial charge in [-0.05, 0) is 47.4 Å². The van der Waals surface area contributed by atoms with E-state index in [1.54, 1.807) is 18.4 Å². The van der Waals surface area contributed by atoms with Gasteiger partial charge in [-0.3, -0.25) is 0 Å². The Bertz CT molecular complexity index is 531. The highest BCUT2D eigenvalue weighted by Crippen LogP contribution is 2.28. The number of rotatable bonds is 4. The molecule has 0 aliphatic rings. The molecule has 2 aromatic rings. The zero-order valence-corrected chi connectivity index (χ0v) is 11.8. The summed E-state index contributed by atoms with van der Waals surface area (Å²) >= 11 is 1.63. The minimum absolute atomic E-state index is 0.466. The van der Waals surface area contributed by atoms with Gasteiger partial charge in [-0.1, -0.05) is 17.7 Å². The van der Waals surface area contributed by atoms with E-state index in [1.165, 1.54) is 5.56 Å². The maximum Gasteiger partial charge on any atom is 0.122 e. The van der Waals surface area contributed by atoms with E-state index in [0.717, 1.165) is 22.4 Å². The van der Waals surface area contributed by atoms with Crippen molar-refractivity contribution in [2.75, 3.05) is 7.11 Å². The number of aryl methyl sites for hydroxylation is 2. The second kappa shape index (κ2) is 5.55. The van der Waals surface area contributed by atoms with Crippen LogP contribution < -0.4 is 4.74 Å². The zero-order chi connectivity index (χ0) is 13.1. The second-order valence-electron chi connectivity index (χ2n) is 4.55. The number of benzene rings is 1. The minimum Gasteiger partial charge on any atom is -0.496 e. The minimum atomic E-state index is -0.466. The van der Waals surface area contributed by atoms with Crippen LogP contribution in [0, 0.1) is 13.8 Å². The van der Waals surface area contributed by atoms with E-state index in [9.17, 15) is 5.11 Å². The maximum atomic E-state index is 10.3. The molecule has 18 heavy (non-hydrogen) atoms. The van der Waals surface area contributed by atoms with Crippen LogP contribution in [-0.2, 0) is 6.42 Å². The number of thiophene rings is 1. The molecule has 96 valence electrons. The average Bonchev–Trinajstić information content (AvgIpc) is 2.76. The summed E-state index contributed by atoms with van der Waals surface area (Å²) in [5.74, 6) is 0.840. The van der Waals surface area contributed by atoms with Crippen LogP contribution in [0.3, 0.4) is 0 Å². The Hall–Kier alpha value is -1.32. The van der Waals surface area contributed by atoms with Gasteiger partial charge in [0.05, 0.1) is 13.2 Å². The molecule has 0 aliphatic carbocycles. The van der Waals surface area contributed by atoms with Crippen LogP contribution in [0.4, 0.5) is 0 Å². The first-order valence-corrected chi connectivity index (χ1v) is 6.90. The van der Waals surface area contributed by atoms with E-state index in [1.807, 2.05) is 31.4 Å². The molecule has 0 fully saturated rings. The smallest absolute Gasteiger partial charge is 0.122 e. The van der Waals surface area contributed by atoms with Gasteiger partial charge in [-0.2, -0.15) is 11.3 Å². The van der Waals surface area contributed by atoms with Gasteiger partial charge in [0, 0.05) is 6.42 Å². The van der Waals surface area contributed by atoms with Gasteiger partial charge in [0.1, 0.15) is 5.75 Å². The first-order valence-electron chi connectivity index (χ1n) is 5.96. The molecule has 1 unspecified atom stereocenters. The third kappa shape index (κ3) is 2.74. The molecule has 2 nitrogen and oxygen atoms in total. The van der Waals surface area contributed by atoms with Crippen molar-refractivity contribution in [1.82, 2.24) is 0 Å². The van der Waals surface area contributed by atoms with Gasteiger partial charge in [0.15, 0.2) is 0 Å². The number of aliphatic hydroxyl groups excluding tert-OH is 1. The molecular weight excluding hydrogens is 244 g/mol. The summed E-state index contributed by atoms with van der Waals surface area (Å²) in [6.45, 7) is 4.08. The summed E-state index contributed by atoms with van der Waals surface area (Å²) in [6.07, 6.45) is 0.120. The Balaban J connectivity index is 2.23. The Morgan fingerprint density at radius 2 is 2.06 bits per heavy atom. The number of aliphatic hydroxyl groups is 1. The van der Waals surface area contributed by atoms with Gasteiger partial charge in [0.25, 0.3) is 0 Å². The predicted octanol–water partition coefficient (Wildman–Crippen LogP) is 3.65. The quantitative estimate of drug-likeness (QED) is 0.911. The van der Waals surface area contributed by atoms with Crippen LogP contribution in [0.2, 0.25) is 0 Å². The van der Waals surface area contributed by atoms with Gasteiger partial charge >= 0.3 is 0 Å². The molecule has 0 aliphatic heterocycles. The fourth-order valence-corrected chi connectivity index (χ4v) is 2.99. The van der Waals surface area contributed by atoms with Crippen molar-refractivity contribution >= 4 is 11.3 Å². The summed E-state index contributed by atoms with van der Waals surface area (Å²) in [5.41, 5.74) is 4.40. The van der Waals surface area contributed by atoms with E-state index >= 15 is 0 Å². The van der Waals surface area contributed by atoms with Crippen molar-refractivity contribution in [3.63, 3.8) is 0 Å². The normalized spacial score (nSPS) is 12.4. The number of hydrogen-bond acceptors (Lipinski definition) is 3. The molecule has 1 atom stereocenters. The SMILES string of the molecule is COc1ccc(C)cc1CC(O)c1cscc1C. The van der Waals surface area contributed by atoms with E-state index < -0.39 is 6.10 Å². The first-order chi connectivity index (χ1) is 8.61. The fourth-order valence-electron chi connectivity index (χ4n) is 2.10. The van der Waals surface area contributed by atoms with Crippen molar-refractivity contribution in [3.8, 4) is 5.75 Å². The van der Waals surface area contributed by atoms with Gasteiger partial charge in [-0.15, -0.1) is 0 Å². The molecule has 1 N–H and O–H groups in total. The monoisotopic (exact) mass is 262 g/mol. The van der Waals surface area contributed by atoms with E-state index in [0.29, 0.717) is 6.42 Å². The highest BCUT2D eigenvalue weighted by Gasteiger charge is 2.14. The maximum absolute atomic E-state index is 10.3. The third-order valence-electron chi connectivity index (χ3n) is 3.10.